The minimum absolute atomic E-state index is 0.137. The van der Waals surface area contributed by atoms with E-state index in [1.165, 1.54) is 0 Å². The number of amides is 2. The number of aliphatic hydroxyl groups is 1. The third kappa shape index (κ3) is 4.25. The summed E-state index contributed by atoms with van der Waals surface area (Å²) in [5, 5.41) is 12.5. The van der Waals surface area contributed by atoms with Gasteiger partial charge in [-0.05, 0) is 30.5 Å². The van der Waals surface area contributed by atoms with Crippen LogP contribution >= 0.6 is 0 Å². The van der Waals surface area contributed by atoms with Crippen LogP contribution in [0.2, 0.25) is 0 Å². The minimum Gasteiger partial charge on any atom is -0.393 e. The van der Waals surface area contributed by atoms with Crippen molar-refractivity contribution in [3.05, 3.63) is 71.8 Å². The molecule has 5 nitrogen and oxygen atoms in total. The van der Waals surface area contributed by atoms with E-state index in [4.69, 9.17) is 0 Å². The molecule has 0 radical (unpaired) electrons. The van der Waals surface area contributed by atoms with Gasteiger partial charge in [0.15, 0.2) is 0 Å². The van der Waals surface area contributed by atoms with Crippen molar-refractivity contribution in [2.45, 2.75) is 25.0 Å². The van der Waals surface area contributed by atoms with E-state index in [0.29, 0.717) is 31.5 Å². The molecule has 0 aliphatic carbocycles. The number of hydrogen-bond donors (Lipinski definition) is 2. The molecule has 0 saturated carbocycles. The van der Waals surface area contributed by atoms with E-state index < -0.39 is 6.04 Å². The number of hydrogen-bond acceptors (Lipinski definition) is 3. The molecule has 0 bridgehead atoms. The van der Waals surface area contributed by atoms with E-state index >= 15 is 0 Å². The van der Waals surface area contributed by atoms with Crippen LogP contribution < -0.4 is 5.32 Å². The fraction of sp³-hybridized carbons (Fsp3) is 0.300. The highest BCUT2D eigenvalue weighted by atomic mass is 16.3. The van der Waals surface area contributed by atoms with Gasteiger partial charge in [-0.3, -0.25) is 9.59 Å². The van der Waals surface area contributed by atoms with E-state index in [-0.39, 0.29) is 17.9 Å². The summed E-state index contributed by atoms with van der Waals surface area (Å²) < 4.78 is 0. The number of carbonyl (C=O) groups is 2. The molecular weight excluding hydrogens is 316 g/mol. The number of aliphatic hydroxyl groups excluding tert-OH is 1. The summed E-state index contributed by atoms with van der Waals surface area (Å²) in [5.41, 5.74) is 1.27. The van der Waals surface area contributed by atoms with Gasteiger partial charge in [-0.2, -0.15) is 0 Å². The molecule has 1 aliphatic heterocycles. The van der Waals surface area contributed by atoms with Gasteiger partial charge in [0, 0.05) is 18.7 Å². The van der Waals surface area contributed by atoms with Crippen LogP contribution in [0.25, 0.3) is 0 Å². The Morgan fingerprint density at radius 2 is 1.52 bits per heavy atom. The number of likely N-dealkylation sites (tertiary alicyclic amines) is 1. The molecule has 1 unspecified atom stereocenters. The molecule has 3 rings (SSSR count). The molecule has 0 aromatic heterocycles. The van der Waals surface area contributed by atoms with E-state index in [1.54, 1.807) is 29.2 Å². The molecule has 2 N–H and O–H groups in total. The average molecular weight is 338 g/mol. The van der Waals surface area contributed by atoms with Gasteiger partial charge in [-0.15, -0.1) is 0 Å². The van der Waals surface area contributed by atoms with Crippen molar-refractivity contribution in [1.82, 2.24) is 10.2 Å². The van der Waals surface area contributed by atoms with Crippen molar-refractivity contribution in [2.24, 2.45) is 0 Å². The number of carbonyl (C=O) groups excluding carboxylic acids is 2. The maximum Gasteiger partial charge on any atom is 0.252 e. The highest BCUT2D eigenvalue weighted by Crippen LogP contribution is 2.20. The maximum atomic E-state index is 13.0. The summed E-state index contributed by atoms with van der Waals surface area (Å²) in [4.78, 5) is 27.3. The molecule has 5 heteroatoms. The number of nitrogens with zero attached hydrogens (tertiary/aromatic N) is 1. The topological polar surface area (TPSA) is 69.6 Å². The van der Waals surface area contributed by atoms with Crippen LogP contribution in [0.15, 0.2) is 60.7 Å². The standard InChI is InChI=1S/C20H22N2O3/c23-17-11-13-22(14-12-17)20(25)18(15-7-3-1-4-8-15)21-19(24)16-9-5-2-6-10-16/h1-10,17-18,23H,11-14H2,(H,21,24). The van der Waals surface area contributed by atoms with E-state index in [0.717, 1.165) is 5.56 Å². The lowest BCUT2D eigenvalue weighted by atomic mass is 10.0. The third-order valence-electron chi connectivity index (χ3n) is 4.47. The first kappa shape index (κ1) is 17.2. The largest absolute Gasteiger partial charge is 0.393 e. The lowest BCUT2D eigenvalue weighted by molar-refractivity contribution is -0.135. The Kier molecular flexibility index (Phi) is 5.46. The highest BCUT2D eigenvalue weighted by molar-refractivity contribution is 5.97. The van der Waals surface area contributed by atoms with Crippen molar-refractivity contribution in [3.8, 4) is 0 Å². The molecule has 1 saturated heterocycles. The Morgan fingerprint density at radius 1 is 0.960 bits per heavy atom. The zero-order chi connectivity index (χ0) is 17.6. The Labute approximate surface area is 147 Å². The van der Waals surface area contributed by atoms with Gasteiger partial charge < -0.3 is 15.3 Å². The zero-order valence-corrected chi connectivity index (χ0v) is 14.0. The summed E-state index contributed by atoms with van der Waals surface area (Å²) in [7, 11) is 0. The Morgan fingerprint density at radius 3 is 2.12 bits per heavy atom. The van der Waals surface area contributed by atoms with Gasteiger partial charge in [0.1, 0.15) is 6.04 Å². The number of rotatable bonds is 4. The first-order valence-corrected chi connectivity index (χ1v) is 8.53. The first-order chi connectivity index (χ1) is 12.1. The SMILES string of the molecule is O=C(NC(C(=O)N1CCC(O)CC1)c1ccccc1)c1ccccc1. The Hall–Kier alpha value is -2.66. The molecule has 0 spiro atoms. The fourth-order valence-corrected chi connectivity index (χ4v) is 3.01. The molecule has 25 heavy (non-hydrogen) atoms. The van der Waals surface area contributed by atoms with Gasteiger partial charge in [0.05, 0.1) is 6.10 Å². The average Bonchev–Trinajstić information content (AvgIpc) is 2.67. The van der Waals surface area contributed by atoms with E-state index in [2.05, 4.69) is 5.32 Å². The van der Waals surface area contributed by atoms with Crippen LogP contribution in [-0.4, -0.2) is 41.0 Å². The molecule has 1 aliphatic rings. The molecule has 1 fully saturated rings. The lowest BCUT2D eigenvalue weighted by Crippen LogP contribution is -2.46. The van der Waals surface area contributed by atoms with Crippen molar-refractivity contribution in [1.29, 1.82) is 0 Å². The minimum atomic E-state index is -0.732. The predicted molar refractivity (Wildman–Crippen MR) is 94.9 cm³/mol. The Balaban J connectivity index is 1.80. The molecule has 1 atom stereocenters. The zero-order valence-electron chi connectivity index (χ0n) is 14.0. The quantitative estimate of drug-likeness (QED) is 0.897. The summed E-state index contributed by atoms with van der Waals surface area (Å²) in [6.45, 7) is 1.01. The van der Waals surface area contributed by atoms with Crippen molar-refractivity contribution >= 4 is 11.8 Å². The lowest BCUT2D eigenvalue weighted by Gasteiger charge is -2.32. The molecular formula is C20H22N2O3. The summed E-state index contributed by atoms with van der Waals surface area (Å²) >= 11 is 0. The van der Waals surface area contributed by atoms with E-state index in [1.807, 2.05) is 36.4 Å². The van der Waals surface area contributed by atoms with Gasteiger partial charge in [0.25, 0.3) is 5.91 Å². The van der Waals surface area contributed by atoms with Gasteiger partial charge in [0.2, 0.25) is 5.91 Å². The highest BCUT2D eigenvalue weighted by Gasteiger charge is 2.30. The van der Waals surface area contributed by atoms with Crippen LogP contribution in [0.3, 0.4) is 0 Å². The fourth-order valence-electron chi connectivity index (χ4n) is 3.01. The number of benzene rings is 2. The second-order valence-electron chi connectivity index (χ2n) is 6.24. The van der Waals surface area contributed by atoms with Crippen LogP contribution in [0, 0.1) is 0 Å². The smallest absolute Gasteiger partial charge is 0.252 e. The van der Waals surface area contributed by atoms with E-state index in [9.17, 15) is 14.7 Å². The predicted octanol–water partition coefficient (Wildman–Crippen LogP) is 2.14. The maximum absolute atomic E-state index is 13.0. The Bertz CT molecular complexity index is 710. The monoisotopic (exact) mass is 338 g/mol. The number of piperidine rings is 1. The normalized spacial score (nSPS) is 16.3. The first-order valence-electron chi connectivity index (χ1n) is 8.53. The van der Waals surface area contributed by atoms with Crippen LogP contribution in [0.5, 0.6) is 0 Å². The summed E-state index contributed by atoms with van der Waals surface area (Å²) in [6.07, 6.45) is 0.790. The second kappa shape index (κ2) is 7.94. The van der Waals surface area contributed by atoms with Gasteiger partial charge in [-0.1, -0.05) is 48.5 Å². The van der Waals surface area contributed by atoms with Crippen molar-refractivity contribution in [2.75, 3.05) is 13.1 Å². The number of nitrogens with one attached hydrogen (secondary N) is 1. The second-order valence-corrected chi connectivity index (χ2v) is 6.24. The summed E-state index contributed by atoms with van der Waals surface area (Å²) in [5.74, 6) is -0.415. The van der Waals surface area contributed by atoms with Gasteiger partial charge in [-0.25, -0.2) is 0 Å². The van der Waals surface area contributed by atoms with Crippen LogP contribution in [0.4, 0.5) is 0 Å². The van der Waals surface area contributed by atoms with Crippen LogP contribution in [-0.2, 0) is 4.79 Å². The third-order valence-corrected chi connectivity index (χ3v) is 4.47. The van der Waals surface area contributed by atoms with Crippen LogP contribution in [0.1, 0.15) is 34.8 Å². The molecule has 2 aromatic rings. The molecule has 130 valence electrons. The molecule has 2 aromatic carbocycles. The molecule has 2 amide bonds. The van der Waals surface area contributed by atoms with Gasteiger partial charge >= 0.3 is 0 Å². The summed E-state index contributed by atoms with van der Waals surface area (Å²) in [6, 6.07) is 17.4. The molecule has 1 heterocycles. The van der Waals surface area contributed by atoms with Crippen molar-refractivity contribution < 1.29 is 14.7 Å². The van der Waals surface area contributed by atoms with Crippen molar-refractivity contribution in [3.63, 3.8) is 0 Å².